The number of nitrogens with zero attached hydrogens (tertiary/aromatic N) is 1. The summed E-state index contributed by atoms with van der Waals surface area (Å²) in [6.07, 6.45) is 1.48. The molecule has 1 unspecified atom stereocenters. The van der Waals surface area contributed by atoms with Crippen LogP contribution in [-0.4, -0.2) is 15.6 Å². The number of aliphatic carboxylic acids is 1. The van der Waals surface area contributed by atoms with Crippen molar-refractivity contribution in [3.63, 3.8) is 0 Å². The molecule has 0 saturated heterocycles. The van der Waals surface area contributed by atoms with Crippen LogP contribution in [0.4, 0.5) is 0 Å². The predicted octanol–water partition coefficient (Wildman–Crippen LogP) is 2.38. The van der Waals surface area contributed by atoms with Gasteiger partial charge in [0, 0.05) is 12.3 Å². The average Bonchev–Trinajstić information content (AvgIpc) is 2.47. The number of pyridine rings is 1. The molecule has 2 rings (SSSR count). The third kappa shape index (κ3) is 3.31. The Balaban J connectivity index is 2.29. The van der Waals surface area contributed by atoms with Crippen molar-refractivity contribution < 1.29 is 14.6 Å². The lowest BCUT2D eigenvalue weighted by atomic mass is 10.2. The van der Waals surface area contributed by atoms with E-state index in [0.717, 1.165) is 5.56 Å². The normalized spacial score (nSPS) is 11.9. The van der Waals surface area contributed by atoms with Gasteiger partial charge in [0.2, 0.25) is 5.43 Å². The summed E-state index contributed by atoms with van der Waals surface area (Å²) in [6, 6.07) is 10.0. The second-order valence-corrected chi connectivity index (χ2v) is 4.79. The van der Waals surface area contributed by atoms with E-state index in [0.29, 0.717) is 5.69 Å². The quantitative estimate of drug-likeness (QED) is 0.916. The SMILES string of the molecule is Cc1c(OCc2ccccc2)c(=O)ccn1C(C)C(=O)O. The molecule has 0 aliphatic heterocycles. The van der Waals surface area contributed by atoms with E-state index < -0.39 is 12.0 Å². The van der Waals surface area contributed by atoms with Crippen molar-refractivity contribution in [3.8, 4) is 5.75 Å². The average molecular weight is 287 g/mol. The molecule has 0 spiro atoms. The Labute approximate surface area is 122 Å². The van der Waals surface area contributed by atoms with Gasteiger partial charge >= 0.3 is 5.97 Å². The minimum absolute atomic E-state index is 0.189. The molecule has 0 aliphatic rings. The first kappa shape index (κ1) is 14.8. The number of carboxylic acids is 1. The Bertz CT molecular complexity index is 691. The maximum absolute atomic E-state index is 11.9. The fourth-order valence-electron chi connectivity index (χ4n) is 2.07. The molecule has 1 atom stereocenters. The van der Waals surface area contributed by atoms with Gasteiger partial charge < -0.3 is 14.4 Å². The van der Waals surface area contributed by atoms with E-state index in [1.165, 1.54) is 16.8 Å². The van der Waals surface area contributed by atoms with Gasteiger partial charge in [-0.3, -0.25) is 4.79 Å². The van der Waals surface area contributed by atoms with Gasteiger partial charge in [0.1, 0.15) is 12.6 Å². The number of aromatic nitrogens is 1. The van der Waals surface area contributed by atoms with Gasteiger partial charge in [-0.1, -0.05) is 30.3 Å². The predicted molar refractivity (Wildman–Crippen MR) is 78.6 cm³/mol. The summed E-state index contributed by atoms with van der Waals surface area (Å²) < 4.78 is 7.12. The summed E-state index contributed by atoms with van der Waals surface area (Å²) in [5.74, 6) is -0.773. The number of hydrogen-bond acceptors (Lipinski definition) is 3. The third-order valence-corrected chi connectivity index (χ3v) is 3.33. The molecule has 0 amide bonds. The number of hydrogen-bond donors (Lipinski definition) is 1. The zero-order valence-corrected chi connectivity index (χ0v) is 11.9. The van der Waals surface area contributed by atoms with Gasteiger partial charge in [-0.15, -0.1) is 0 Å². The summed E-state index contributed by atoms with van der Waals surface area (Å²) in [5.41, 5.74) is 1.20. The highest BCUT2D eigenvalue weighted by Crippen LogP contribution is 2.18. The summed E-state index contributed by atoms with van der Waals surface area (Å²) in [4.78, 5) is 23.0. The zero-order valence-electron chi connectivity index (χ0n) is 11.9. The fourth-order valence-corrected chi connectivity index (χ4v) is 2.07. The molecule has 0 radical (unpaired) electrons. The smallest absolute Gasteiger partial charge is 0.326 e. The lowest BCUT2D eigenvalue weighted by molar-refractivity contribution is -0.140. The molecule has 1 aromatic heterocycles. The van der Waals surface area contributed by atoms with Crippen molar-refractivity contribution in [2.45, 2.75) is 26.5 Å². The van der Waals surface area contributed by atoms with Crippen LogP contribution in [0.3, 0.4) is 0 Å². The van der Waals surface area contributed by atoms with Crippen molar-refractivity contribution in [2.75, 3.05) is 0 Å². The van der Waals surface area contributed by atoms with Crippen LogP contribution in [0.25, 0.3) is 0 Å². The largest absolute Gasteiger partial charge is 0.483 e. The second-order valence-electron chi connectivity index (χ2n) is 4.79. The van der Waals surface area contributed by atoms with Crippen LogP contribution in [0.5, 0.6) is 5.75 Å². The van der Waals surface area contributed by atoms with Gasteiger partial charge in [0.05, 0.1) is 5.69 Å². The van der Waals surface area contributed by atoms with Gasteiger partial charge in [-0.25, -0.2) is 4.79 Å². The van der Waals surface area contributed by atoms with E-state index in [-0.39, 0.29) is 17.8 Å². The highest BCUT2D eigenvalue weighted by molar-refractivity contribution is 5.71. The standard InChI is InChI=1S/C16H17NO4/c1-11-15(21-10-13-6-4-3-5-7-13)14(18)8-9-17(11)12(2)16(19)20/h3-9,12H,10H2,1-2H3,(H,19,20). The van der Waals surface area contributed by atoms with Crippen molar-refractivity contribution in [2.24, 2.45) is 0 Å². The number of ether oxygens (including phenoxy) is 1. The van der Waals surface area contributed by atoms with Crippen LogP contribution in [0.2, 0.25) is 0 Å². The van der Waals surface area contributed by atoms with Crippen LogP contribution >= 0.6 is 0 Å². The number of rotatable bonds is 5. The molecular formula is C16H17NO4. The van der Waals surface area contributed by atoms with E-state index in [1.807, 2.05) is 30.3 Å². The molecular weight excluding hydrogens is 270 g/mol. The minimum Gasteiger partial charge on any atom is -0.483 e. The number of benzene rings is 1. The Morgan fingerprint density at radius 1 is 1.29 bits per heavy atom. The Morgan fingerprint density at radius 3 is 2.57 bits per heavy atom. The topological polar surface area (TPSA) is 68.5 Å². The molecule has 110 valence electrons. The Morgan fingerprint density at radius 2 is 1.95 bits per heavy atom. The maximum Gasteiger partial charge on any atom is 0.326 e. The fraction of sp³-hybridized carbons (Fsp3) is 0.250. The molecule has 0 aliphatic carbocycles. The van der Waals surface area contributed by atoms with Gasteiger partial charge in [0.15, 0.2) is 5.75 Å². The van der Waals surface area contributed by atoms with Crippen molar-refractivity contribution in [1.29, 1.82) is 0 Å². The van der Waals surface area contributed by atoms with E-state index in [9.17, 15) is 9.59 Å². The highest BCUT2D eigenvalue weighted by Gasteiger charge is 2.17. The van der Waals surface area contributed by atoms with Gasteiger partial charge in [-0.05, 0) is 19.4 Å². The molecule has 0 bridgehead atoms. The first-order chi connectivity index (χ1) is 10.0. The second kappa shape index (κ2) is 6.26. The minimum atomic E-state index is -0.962. The first-order valence-electron chi connectivity index (χ1n) is 6.62. The van der Waals surface area contributed by atoms with Crippen molar-refractivity contribution in [3.05, 3.63) is 64.1 Å². The molecule has 0 fully saturated rings. The summed E-state index contributed by atoms with van der Waals surface area (Å²) in [7, 11) is 0. The third-order valence-electron chi connectivity index (χ3n) is 3.33. The summed E-state index contributed by atoms with van der Waals surface area (Å²) >= 11 is 0. The first-order valence-corrected chi connectivity index (χ1v) is 6.62. The Hall–Kier alpha value is -2.56. The molecule has 2 aromatic rings. The lowest BCUT2D eigenvalue weighted by Gasteiger charge is -2.17. The molecule has 1 heterocycles. The van der Waals surface area contributed by atoms with Crippen LogP contribution in [0.15, 0.2) is 47.4 Å². The molecule has 1 N–H and O–H groups in total. The monoisotopic (exact) mass is 287 g/mol. The van der Waals surface area contributed by atoms with E-state index >= 15 is 0 Å². The van der Waals surface area contributed by atoms with Gasteiger partial charge in [-0.2, -0.15) is 0 Å². The zero-order chi connectivity index (χ0) is 15.4. The van der Waals surface area contributed by atoms with Crippen LogP contribution in [0.1, 0.15) is 24.2 Å². The maximum atomic E-state index is 11.9. The Kier molecular flexibility index (Phi) is 4.42. The highest BCUT2D eigenvalue weighted by atomic mass is 16.5. The molecule has 1 aromatic carbocycles. The van der Waals surface area contributed by atoms with Crippen molar-refractivity contribution in [1.82, 2.24) is 4.57 Å². The van der Waals surface area contributed by atoms with E-state index in [2.05, 4.69) is 0 Å². The molecule has 5 heteroatoms. The van der Waals surface area contributed by atoms with E-state index in [4.69, 9.17) is 9.84 Å². The number of carbonyl (C=O) groups is 1. The van der Waals surface area contributed by atoms with Crippen molar-refractivity contribution >= 4 is 5.97 Å². The molecule has 5 nitrogen and oxygen atoms in total. The summed E-state index contributed by atoms with van der Waals surface area (Å²) in [6.45, 7) is 3.50. The van der Waals surface area contributed by atoms with Gasteiger partial charge in [0.25, 0.3) is 0 Å². The number of carboxylic acid groups (broad SMARTS) is 1. The van der Waals surface area contributed by atoms with Crippen LogP contribution < -0.4 is 10.2 Å². The molecule has 21 heavy (non-hydrogen) atoms. The summed E-state index contributed by atoms with van der Waals surface area (Å²) in [5, 5.41) is 9.09. The molecule has 0 saturated carbocycles. The van der Waals surface area contributed by atoms with Crippen LogP contribution in [0, 0.1) is 6.92 Å². The van der Waals surface area contributed by atoms with Crippen LogP contribution in [-0.2, 0) is 11.4 Å². The lowest BCUT2D eigenvalue weighted by Crippen LogP contribution is -2.21. The van der Waals surface area contributed by atoms with E-state index in [1.54, 1.807) is 13.8 Å².